The Bertz CT molecular complexity index is 359. The number of carboxylic acids is 1. The molecule has 7 heteroatoms. The maximum Gasteiger partial charge on any atom is 0.318 e. The third-order valence-electron chi connectivity index (χ3n) is 3.25. The molecule has 1 fully saturated rings. The van der Waals surface area contributed by atoms with Gasteiger partial charge in [-0.3, -0.25) is 9.59 Å². The molecule has 0 spiro atoms. The summed E-state index contributed by atoms with van der Waals surface area (Å²) in [5, 5.41) is 13.8. The van der Waals surface area contributed by atoms with Crippen molar-refractivity contribution in [3.05, 3.63) is 0 Å². The molecule has 2 unspecified atom stereocenters. The third-order valence-corrected chi connectivity index (χ3v) is 3.25. The first kappa shape index (κ1) is 15.3. The maximum absolute atomic E-state index is 11.9. The molecule has 0 aliphatic carbocycles. The van der Waals surface area contributed by atoms with E-state index >= 15 is 0 Å². The van der Waals surface area contributed by atoms with E-state index in [4.69, 9.17) is 5.11 Å². The summed E-state index contributed by atoms with van der Waals surface area (Å²) in [6, 6.07) is -0.913. The Balaban J connectivity index is 2.48. The number of aliphatic carboxylic acids is 1. The Kier molecular flexibility index (Phi) is 5.59. The second-order valence-electron chi connectivity index (χ2n) is 4.84. The number of likely N-dealkylation sites (tertiary alicyclic amines) is 1. The highest BCUT2D eigenvalue weighted by Gasteiger charge is 2.26. The van der Waals surface area contributed by atoms with Crippen molar-refractivity contribution >= 4 is 17.9 Å². The summed E-state index contributed by atoms with van der Waals surface area (Å²) >= 11 is 0. The number of hydrogen-bond donors (Lipinski definition) is 3. The highest BCUT2D eigenvalue weighted by atomic mass is 16.4. The molecule has 1 aliphatic rings. The van der Waals surface area contributed by atoms with E-state index in [1.807, 2.05) is 0 Å². The molecule has 0 aromatic rings. The largest absolute Gasteiger partial charge is 0.481 e. The van der Waals surface area contributed by atoms with Gasteiger partial charge in [-0.05, 0) is 25.7 Å². The number of urea groups is 1. The van der Waals surface area contributed by atoms with Crippen molar-refractivity contribution in [3.63, 3.8) is 0 Å². The van der Waals surface area contributed by atoms with Crippen molar-refractivity contribution in [1.82, 2.24) is 15.5 Å². The lowest BCUT2D eigenvalue weighted by Gasteiger charge is -2.32. The van der Waals surface area contributed by atoms with Crippen molar-refractivity contribution in [1.29, 1.82) is 0 Å². The average molecular weight is 271 g/mol. The van der Waals surface area contributed by atoms with Crippen molar-refractivity contribution in [2.45, 2.75) is 32.2 Å². The van der Waals surface area contributed by atoms with Gasteiger partial charge in [0.05, 0.1) is 0 Å². The van der Waals surface area contributed by atoms with E-state index in [0.717, 1.165) is 12.8 Å². The first-order chi connectivity index (χ1) is 8.93. The van der Waals surface area contributed by atoms with Gasteiger partial charge in [0, 0.05) is 26.6 Å². The maximum atomic E-state index is 11.9. The number of hydrogen-bond acceptors (Lipinski definition) is 3. The molecule has 0 saturated carbocycles. The van der Waals surface area contributed by atoms with Crippen LogP contribution in [0.2, 0.25) is 0 Å². The molecule has 2 atom stereocenters. The molecule has 3 N–H and O–H groups in total. The molecule has 0 bridgehead atoms. The number of carbonyl (C=O) groups excluding carboxylic acids is 2. The average Bonchev–Trinajstić information content (AvgIpc) is 2.37. The molecule has 19 heavy (non-hydrogen) atoms. The predicted octanol–water partition coefficient (Wildman–Crippen LogP) is 0.0172. The van der Waals surface area contributed by atoms with Crippen molar-refractivity contribution in [2.24, 2.45) is 5.92 Å². The molecule has 7 nitrogen and oxygen atoms in total. The fourth-order valence-electron chi connectivity index (χ4n) is 2.22. The summed E-state index contributed by atoms with van der Waals surface area (Å²) < 4.78 is 0. The number of carbonyl (C=O) groups is 3. The molecule has 0 aromatic carbocycles. The van der Waals surface area contributed by atoms with Gasteiger partial charge in [-0.1, -0.05) is 0 Å². The molecule has 0 radical (unpaired) electrons. The number of amides is 3. The van der Waals surface area contributed by atoms with Gasteiger partial charge in [-0.2, -0.15) is 0 Å². The van der Waals surface area contributed by atoms with Crippen LogP contribution in [0.4, 0.5) is 4.79 Å². The molecule has 1 heterocycles. The minimum absolute atomic E-state index is 0.00712. The van der Waals surface area contributed by atoms with E-state index in [1.54, 1.807) is 11.8 Å². The quantitative estimate of drug-likeness (QED) is 0.671. The Morgan fingerprint density at radius 1 is 1.42 bits per heavy atom. The summed E-state index contributed by atoms with van der Waals surface area (Å²) in [4.78, 5) is 35.5. The minimum Gasteiger partial charge on any atom is -0.481 e. The van der Waals surface area contributed by atoms with Gasteiger partial charge in [0.1, 0.15) is 6.04 Å². The number of piperidine rings is 1. The Labute approximate surface area is 112 Å². The van der Waals surface area contributed by atoms with E-state index < -0.39 is 12.0 Å². The van der Waals surface area contributed by atoms with E-state index in [-0.39, 0.29) is 24.3 Å². The third kappa shape index (κ3) is 4.76. The van der Waals surface area contributed by atoms with Crippen LogP contribution in [0.3, 0.4) is 0 Å². The topological polar surface area (TPSA) is 98.7 Å². The Morgan fingerprint density at radius 3 is 2.68 bits per heavy atom. The second-order valence-corrected chi connectivity index (χ2v) is 4.84. The van der Waals surface area contributed by atoms with Crippen LogP contribution < -0.4 is 10.6 Å². The number of likely N-dealkylation sites (N-methyl/N-ethyl adjacent to an activating group) is 1. The van der Waals surface area contributed by atoms with E-state index in [9.17, 15) is 14.4 Å². The van der Waals surface area contributed by atoms with Crippen LogP contribution in [0.25, 0.3) is 0 Å². The van der Waals surface area contributed by atoms with Crippen molar-refractivity contribution in [3.8, 4) is 0 Å². The molecule has 1 saturated heterocycles. The Hall–Kier alpha value is -1.79. The van der Waals surface area contributed by atoms with E-state index in [2.05, 4.69) is 10.6 Å². The van der Waals surface area contributed by atoms with Crippen LogP contribution in [0.1, 0.15) is 26.2 Å². The van der Waals surface area contributed by atoms with Gasteiger partial charge in [-0.25, -0.2) is 4.79 Å². The zero-order valence-corrected chi connectivity index (χ0v) is 11.3. The highest BCUT2D eigenvalue weighted by molar-refractivity contribution is 5.86. The van der Waals surface area contributed by atoms with Crippen LogP contribution in [0.15, 0.2) is 0 Å². The first-order valence-electron chi connectivity index (χ1n) is 6.43. The summed E-state index contributed by atoms with van der Waals surface area (Å²) in [7, 11) is 1.51. The molecule has 1 aliphatic heterocycles. The predicted molar refractivity (Wildman–Crippen MR) is 68.6 cm³/mol. The summed E-state index contributed by atoms with van der Waals surface area (Å²) in [6.45, 7) is 2.64. The number of nitrogens with one attached hydrogen (secondary N) is 2. The second kappa shape index (κ2) is 6.96. The van der Waals surface area contributed by atoms with Crippen LogP contribution in [-0.2, 0) is 9.59 Å². The van der Waals surface area contributed by atoms with Crippen LogP contribution in [0.5, 0.6) is 0 Å². The van der Waals surface area contributed by atoms with Gasteiger partial charge < -0.3 is 20.6 Å². The molecule has 3 amide bonds. The zero-order chi connectivity index (χ0) is 14.4. The smallest absolute Gasteiger partial charge is 0.318 e. The van der Waals surface area contributed by atoms with Crippen LogP contribution in [-0.4, -0.2) is 54.1 Å². The van der Waals surface area contributed by atoms with Gasteiger partial charge in [0.15, 0.2) is 0 Å². The fraction of sp³-hybridized carbons (Fsp3) is 0.750. The van der Waals surface area contributed by atoms with E-state index in [0.29, 0.717) is 13.1 Å². The number of rotatable bonds is 4. The molecular weight excluding hydrogens is 250 g/mol. The molecule has 0 aromatic heterocycles. The lowest BCUT2D eigenvalue weighted by molar-refractivity contribution is -0.138. The van der Waals surface area contributed by atoms with E-state index in [1.165, 1.54) is 7.05 Å². The zero-order valence-electron chi connectivity index (χ0n) is 11.3. The van der Waals surface area contributed by atoms with Gasteiger partial charge in [0.25, 0.3) is 0 Å². The van der Waals surface area contributed by atoms with Crippen molar-refractivity contribution in [2.75, 3.05) is 20.1 Å². The lowest BCUT2D eigenvalue weighted by atomic mass is 9.95. The van der Waals surface area contributed by atoms with Gasteiger partial charge in [0.2, 0.25) is 5.91 Å². The highest BCUT2D eigenvalue weighted by Crippen LogP contribution is 2.19. The summed E-state index contributed by atoms with van der Waals surface area (Å²) in [5.41, 5.74) is 0. The molecule has 108 valence electrons. The first-order valence-corrected chi connectivity index (χ1v) is 6.43. The Morgan fingerprint density at radius 2 is 2.11 bits per heavy atom. The lowest BCUT2D eigenvalue weighted by Crippen LogP contribution is -2.51. The van der Waals surface area contributed by atoms with Crippen molar-refractivity contribution < 1.29 is 19.5 Å². The number of carboxylic acid groups (broad SMARTS) is 1. The summed E-state index contributed by atoms with van der Waals surface area (Å²) in [6.07, 6.45) is 1.69. The molecule has 1 rings (SSSR count). The monoisotopic (exact) mass is 271 g/mol. The van der Waals surface area contributed by atoms with Gasteiger partial charge >= 0.3 is 12.0 Å². The normalized spacial score (nSPS) is 20.5. The van der Waals surface area contributed by atoms with Crippen LogP contribution in [0, 0.1) is 5.92 Å². The van der Waals surface area contributed by atoms with Crippen LogP contribution >= 0.6 is 0 Å². The standard InChI is InChI=1S/C12H21N3O4/c1-8(11(18)13-2)14-12(19)15-5-3-4-9(7-15)6-10(16)17/h8-9H,3-7H2,1-2H3,(H,13,18)(H,14,19)(H,16,17). The molecular formula is C12H21N3O4. The summed E-state index contributed by atoms with van der Waals surface area (Å²) in [5.74, 6) is -1.11. The minimum atomic E-state index is -0.842. The SMILES string of the molecule is CNC(=O)C(C)NC(=O)N1CCCC(CC(=O)O)C1. The van der Waals surface area contributed by atoms with Gasteiger partial charge in [-0.15, -0.1) is 0 Å². The number of nitrogens with zero attached hydrogens (tertiary/aromatic N) is 1. The fourth-order valence-corrected chi connectivity index (χ4v) is 2.22.